The number of rotatable bonds is 10. The van der Waals surface area contributed by atoms with Crippen LogP contribution < -0.4 is 10.6 Å². The average Bonchev–Trinajstić information content (AvgIpc) is 2.94. The van der Waals surface area contributed by atoms with Crippen LogP contribution in [0.3, 0.4) is 0 Å². The van der Waals surface area contributed by atoms with Crippen LogP contribution in [0.5, 0.6) is 0 Å². The normalized spacial score (nSPS) is 9.90. The summed E-state index contributed by atoms with van der Waals surface area (Å²) in [7, 11) is 5.90. The molecular weight excluding hydrogens is 544 g/mol. The molecule has 0 aliphatic rings. The van der Waals surface area contributed by atoms with E-state index < -0.39 is 11.9 Å². The molecule has 2 aromatic rings. The Labute approximate surface area is 246 Å². The molecule has 0 heterocycles. The summed E-state index contributed by atoms with van der Waals surface area (Å²) < 4.78 is 9.32. The number of benzene rings is 2. The molecule has 0 aliphatic heterocycles. The molecule has 12 heteroatoms. The van der Waals surface area contributed by atoms with Crippen molar-refractivity contribution in [2.75, 3.05) is 52.0 Å². The number of anilines is 2. The molecule has 42 heavy (non-hydrogen) atoms. The standard InChI is InChI=1S/2C15H20N2O4/c2*1-5-6-17(3)14(19)11-7-12(15(20)21-4)9-13(8-11)16-10(2)18/h2*7-9H,5-6H2,1-4H3,(H,16,18). The van der Waals surface area contributed by atoms with Crippen molar-refractivity contribution in [2.45, 2.75) is 40.5 Å². The Morgan fingerprint density at radius 1 is 0.595 bits per heavy atom. The first-order chi connectivity index (χ1) is 19.8. The van der Waals surface area contributed by atoms with Crippen LogP contribution in [-0.2, 0) is 19.1 Å². The Hall–Kier alpha value is -4.74. The van der Waals surface area contributed by atoms with Crippen molar-refractivity contribution in [1.29, 1.82) is 0 Å². The Balaban J connectivity index is 0.000000420. The summed E-state index contributed by atoms with van der Waals surface area (Å²) >= 11 is 0. The number of hydrogen-bond acceptors (Lipinski definition) is 8. The average molecular weight is 585 g/mol. The van der Waals surface area contributed by atoms with Gasteiger partial charge in [0.25, 0.3) is 11.8 Å². The molecule has 0 saturated heterocycles. The summed E-state index contributed by atoms with van der Waals surface area (Å²) in [5.41, 5.74) is 1.88. The second kappa shape index (κ2) is 17.2. The van der Waals surface area contributed by atoms with E-state index in [0.29, 0.717) is 35.6 Å². The fraction of sp³-hybridized carbons (Fsp3) is 0.400. The van der Waals surface area contributed by atoms with Crippen molar-refractivity contribution in [2.24, 2.45) is 0 Å². The van der Waals surface area contributed by atoms with Crippen LogP contribution in [0, 0.1) is 0 Å². The molecule has 0 saturated carbocycles. The Morgan fingerprint density at radius 3 is 1.17 bits per heavy atom. The number of amides is 4. The van der Waals surface area contributed by atoms with Gasteiger partial charge in [-0.05, 0) is 49.2 Å². The topological polar surface area (TPSA) is 151 Å². The third-order valence-corrected chi connectivity index (χ3v) is 5.65. The number of carbonyl (C=O) groups is 6. The monoisotopic (exact) mass is 584 g/mol. The van der Waals surface area contributed by atoms with Crippen LogP contribution >= 0.6 is 0 Å². The highest BCUT2D eigenvalue weighted by molar-refractivity contribution is 6.02. The molecule has 4 amide bonds. The predicted octanol–water partition coefficient (Wildman–Crippen LogP) is 3.83. The second-order valence-electron chi connectivity index (χ2n) is 9.40. The molecule has 0 aromatic heterocycles. The summed E-state index contributed by atoms with van der Waals surface area (Å²) in [6.45, 7) is 7.87. The van der Waals surface area contributed by atoms with E-state index in [1.54, 1.807) is 36.0 Å². The molecule has 2 aromatic carbocycles. The predicted molar refractivity (Wildman–Crippen MR) is 159 cm³/mol. The highest BCUT2D eigenvalue weighted by Crippen LogP contribution is 2.19. The first-order valence-electron chi connectivity index (χ1n) is 13.3. The summed E-state index contributed by atoms with van der Waals surface area (Å²) in [4.78, 5) is 73.4. The molecule has 0 unspecified atom stereocenters. The number of ether oxygens (including phenoxy) is 2. The smallest absolute Gasteiger partial charge is 0.337 e. The van der Waals surface area contributed by atoms with Gasteiger partial charge in [0.05, 0.1) is 25.3 Å². The molecule has 0 radical (unpaired) electrons. The van der Waals surface area contributed by atoms with E-state index in [1.165, 1.54) is 52.3 Å². The van der Waals surface area contributed by atoms with Gasteiger partial charge in [0.2, 0.25) is 11.8 Å². The van der Waals surface area contributed by atoms with Crippen molar-refractivity contribution in [3.8, 4) is 0 Å². The number of nitrogens with one attached hydrogen (secondary N) is 2. The van der Waals surface area contributed by atoms with E-state index in [4.69, 9.17) is 0 Å². The highest BCUT2D eigenvalue weighted by Gasteiger charge is 2.18. The molecule has 2 N–H and O–H groups in total. The van der Waals surface area contributed by atoms with Gasteiger partial charge >= 0.3 is 11.9 Å². The number of carbonyl (C=O) groups excluding carboxylic acids is 6. The highest BCUT2D eigenvalue weighted by atomic mass is 16.5. The third-order valence-electron chi connectivity index (χ3n) is 5.65. The summed E-state index contributed by atoms with van der Waals surface area (Å²) in [6.07, 6.45) is 1.66. The number of hydrogen-bond donors (Lipinski definition) is 2. The Bertz CT molecular complexity index is 1210. The molecule has 0 fully saturated rings. The van der Waals surface area contributed by atoms with Gasteiger partial charge in [-0.15, -0.1) is 0 Å². The lowest BCUT2D eigenvalue weighted by Crippen LogP contribution is -2.27. The van der Waals surface area contributed by atoms with Gasteiger partial charge < -0.3 is 29.9 Å². The summed E-state index contributed by atoms with van der Waals surface area (Å²) in [6, 6.07) is 8.97. The van der Waals surface area contributed by atoms with Gasteiger partial charge in [-0.2, -0.15) is 0 Å². The molecular formula is C30H40N4O8. The van der Waals surface area contributed by atoms with Crippen LogP contribution in [0.1, 0.15) is 82.0 Å². The minimum Gasteiger partial charge on any atom is -0.465 e. The van der Waals surface area contributed by atoms with Crippen LogP contribution in [0.2, 0.25) is 0 Å². The Kier molecular flexibility index (Phi) is 14.4. The van der Waals surface area contributed by atoms with Crippen LogP contribution in [0.25, 0.3) is 0 Å². The van der Waals surface area contributed by atoms with Crippen LogP contribution in [0.4, 0.5) is 11.4 Å². The Morgan fingerprint density at radius 2 is 0.905 bits per heavy atom. The maximum Gasteiger partial charge on any atom is 0.337 e. The van der Waals surface area contributed by atoms with Crippen LogP contribution in [0.15, 0.2) is 36.4 Å². The first kappa shape index (κ1) is 35.3. The van der Waals surface area contributed by atoms with E-state index in [9.17, 15) is 28.8 Å². The van der Waals surface area contributed by atoms with Gasteiger partial charge in [0, 0.05) is 63.5 Å². The minimum absolute atomic E-state index is 0.214. The van der Waals surface area contributed by atoms with E-state index >= 15 is 0 Å². The summed E-state index contributed by atoms with van der Waals surface area (Å²) in [5.74, 6) is -2.11. The largest absolute Gasteiger partial charge is 0.465 e. The van der Waals surface area contributed by atoms with Gasteiger partial charge in [0.15, 0.2) is 0 Å². The van der Waals surface area contributed by atoms with Crippen LogP contribution in [-0.4, -0.2) is 86.8 Å². The van der Waals surface area contributed by atoms with Crippen molar-refractivity contribution in [1.82, 2.24) is 9.80 Å². The molecule has 228 valence electrons. The first-order valence-corrected chi connectivity index (χ1v) is 13.3. The SMILES string of the molecule is CCCN(C)C(=O)c1cc(NC(C)=O)cc(C(=O)OC)c1.CCCN(C)C(=O)c1cc(NC(C)=O)cc(C(=O)OC)c1. The van der Waals surface area contributed by atoms with Gasteiger partial charge in [0.1, 0.15) is 0 Å². The van der Waals surface area contributed by atoms with Crippen molar-refractivity contribution in [3.05, 3.63) is 58.7 Å². The molecule has 0 atom stereocenters. The van der Waals surface area contributed by atoms with Gasteiger partial charge in [-0.1, -0.05) is 13.8 Å². The van der Waals surface area contributed by atoms with E-state index in [-0.39, 0.29) is 34.8 Å². The van der Waals surface area contributed by atoms with Crippen molar-refractivity contribution >= 4 is 46.9 Å². The molecule has 0 spiro atoms. The number of methoxy groups -OCH3 is 2. The lowest BCUT2D eigenvalue weighted by atomic mass is 10.1. The van der Waals surface area contributed by atoms with E-state index in [0.717, 1.165) is 12.8 Å². The second-order valence-corrected chi connectivity index (χ2v) is 9.40. The zero-order valence-electron chi connectivity index (χ0n) is 25.5. The van der Waals surface area contributed by atoms with Gasteiger partial charge in [-0.25, -0.2) is 9.59 Å². The lowest BCUT2D eigenvalue weighted by molar-refractivity contribution is -0.115. The molecule has 0 bridgehead atoms. The zero-order chi connectivity index (χ0) is 32.0. The van der Waals surface area contributed by atoms with E-state index in [1.807, 2.05) is 13.8 Å². The minimum atomic E-state index is -0.561. The quantitative estimate of drug-likeness (QED) is 0.400. The fourth-order valence-electron chi connectivity index (χ4n) is 3.84. The number of nitrogens with zero attached hydrogens (tertiary/aromatic N) is 2. The molecule has 12 nitrogen and oxygen atoms in total. The maximum atomic E-state index is 12.3. The van der Waals surface area contributed by atoms with Crippen molar-refractivity contribution < 1.29 is 38.2 Å². The lowest BCUT2D eigenvalue weighted by Gasteiger charge is -2.17. The maximum absolute atomic E-state index is 12.3. The third kappa shape index (κ3) is 11.0. The fourth-order valence-corrected chi connectivity index (χ4v) is 3.84. The zero-order valence-corrected chi connectivity index (χ0v) is 25.5. The van der Waals surface area contributed by atoms with E-state index in [2.05, 4.69) is 20.1 Å². The number of esters is 2. The summed E-state index contributed by atoms with van der Waals surface area (Å²) in [5, 5.41) is 5.15. The molecule has 0 aliphatic carbocycles. The van der Waals surface area contributed by atoms with Gasteiger partial charge in [-0.3, -0.25) is 19.2 Å². The van der Waals surface area contributed by atoms with Crippen molar-refractivity contribution in [3.63, 3.8) is 0 Å². The molecule has 2 rings (SSSR count).